The quantitative estimate of drug-likeness (QED) is 0.0812. The Kier molecular flexibility index (Phi) is 12.8. The number of hydrogen-bond donors (Lipinski definition) is 5. The zero-order chi connectivity index (χ0) is 37.6. The average molecular weight is 877 g/mol. The second-order valence-electron chi connectivity index (χ2n) is 11.2. The highest BCUT2D eigenvalue weighted by Crippen LogP contribution is 2.41. The van der Waals surface area contributed by atoms with Crippen molar-refractivity contribution in [3.63, 3.8) is 0 Å². The molecule has 8 rings (SSSR count). The molecule has 0 aliphatic heterocycles. The van der Waals surface area contributed by atoms with Gasteiger partial charge in [-0.15, -0.1) is 22.7 Å². The summed E-state index contributed by atoms with van der Waals surface area (Å²) in [7, 11) is 7.36. The number of H-pyrrole nitrogens is 2. The van der Waals surface area contributed by atoms with Gasteiger partial charge in [-0.3, -0.25) is 10.2 Å². The van der Waals surface area contributed by atoms with Crippen molar-refractivity contribution in [2.24, 2.45) is 0 Å². The summed E-state index contributed by atoms with van der Waals surface area (Å²) in [6, 6.07) is 10.4. The summed E-state index contributed by atoms with van der Waals surface area (Å²) >= 11 is 19.7. The predicted molar refractivity (Wildman–Crippen MR) is 206 cm³/mol. The Morgan fingerprint density at radius 2 is 1.23 bits per heavy atom. The number of hydrogen-bond acceptors (Lipinski definition) is 14. The summed E-state index contributed by atoms with van der Waals surface area (Å²) in [5.74, 6) is 2.57. The van der Waals surface area contributed by atoms with Gasteiger partial charge in [-0.2, -0.15) is 10.2 Å². The van der Waals surface area contributed by atoms with Crippen LogP contribution in [0.2, 0.25) is 10.0 Å². The van der Waals surface area contributed by atoms with E-state index in [4.69, 9.17) is 44.4 Å². The molecule has 0 saturated heterocycles. The van der Waals surface area contributed by atoms with Crippen molar-refractivity contribution in [2.75, 3.05) is 10.6 Å². The number of aromatic nitrogens is 8. The van der Waals surface area contributed by atoms with E-state index in [-0.39, 0.29) is 4.88 Å². The van der Waals surface area contributed by atoms with Crippen LogP contribution in [0.15, 0.2) is 48.8 Å². The molecule has 0 amide bonds. The Balaban J connectivity index is 0.000000165. The zero-order valence-corrected chi connectivity index (χ0v) is 32.7. The van der Waals surface area contributed by atoms with Crippen molar-refractivity contribution in [3.8, 4) is 21.4 Å². The van der Waals surface area contributed by atoms with Crippen LogP contribution in [0.5, 0.6) is 0 Å². The summed E-state index contributed by atoms with van der Waals surface area (Å²) in [5.41, 5.74) is 2.21. The fraction of sp³-hybridized carbons (Fsp3) is 0.200. The molecule has 0 spiro atoms. The number of aromatic amines is 2. The number of carboxylic acid groups (broad SMARTS) is 1. The van der Waals surface area contributed by atoms with Gasteiger partial charge in [0.25, 0.3) is 0 Å². The highest BCUT2D eigenvalue weighted by atomic mass is 36.0. The third-order valence-corrected chi connectivity index (χ3v) is 10.2. The maximum absolute atomic E-state index is 11.5. The summed E-state index contributed by atoms with van der Waals surface area (Å²) < 4.78 is 13.3. The Morgan fingerprint density at radius 1 is 0.792 bits per heavy atom. The molecule has 53 heavy (non-hydrogen) atoms. The molecule has 6 heterocycles. The van der Waals surface area contributed by atoms with E-state index in [1.165, 1.54) is 55.5 Å². The summed E-state index contributed by atoms with van der Waals surface area (Å²) in [6.45, 7) is 0. The van der Waals surface area contributed by atoms with Crippen molar-refractivity contribution >= 4 is 124 Å². The van der Waals surface area contributed by atoms with E-state index in [9.17, 15) is 9.59 Å². The van der Waals surface area contributed by atoms with Crippen molar-refractivity contribution in [3.05, 3.63) is 80.0 Å². The van der Waals surface area contributed by atoms with E-state index in [0.717, 1.165) is 22.7 Å². The highest BCUT2D eigenvalue weighted by Gasteiger charge is 2.26. The molecule has 23 heteroatoms. The number of carbonyl (C=O) groups excluding carboxylic acids is 1. The zero-order valence-electron chi connectivity index (χ0n) is 26.5. The number of carbonyl (C=O) groups is 2. The van der Waals surface area contributed by atoms with E-state index >= 15 is 0 Å². The van der Waals surface area contributed by atoms with E-state index in [1.807, 2.05) is 12.1 Å². The van der Waals surface area contributed by atoms with Gasteiger partial charge in [0, 0.05) is 56.7 Å². The van der Waals surface area contributed by atoms with Gasteiger partial charge in [0.2, 0.25) is 9.23 Å². The topological polar surface area (TPSA) is 214 Å². The number of aromatic carboxylic acids is 1. The normalized spacial score (nSPS) is 13.4. The lowest BCUT2D eigenvalue weighted by atomic mass is 10.3. The molecule has 2 saturated carbocycles. The first-order chi connectivity index (χ1) is 25.5. The Labute approximate surface area is 334 Å². The van der Waals surface area contributed by atoms with Crippen molar-refractivity contribution in [2.45, 2.75) is 37.5 Å². The number of anilines is 4. The Hall–Kier alpha value is -3.88. The number of carboxylic acids is 1. The van der Waals surface area contributed by atoms with Gasteiger partial charge in [0.1, 0.15) is 31.7 Å². The van der Waals surface area contributed by atoms with Crippen LogP contribution in [-0.4, -0.2) is 61.6 Å². The summed E-state index contributed by atoms with van der Waals surface area (Å²) in [5, 5.41) is 30.4. The number of halogens is 5. The standard InChI is InChI=1S/C15H11Cl2N5O2S.C15H12ClN5O2S.Cl2OS/c16-8-6-18-14(10-3-4-11(25-10)15(23)24-17)20-13(8)19-12-5-9(21-22-12)7-1-2-7;16-8-6-17-14(10-3-4-11(24-10)15(22)23)19-13(8)18-12-5-9(20-21-12)7-1-2-7;1-4(2)3/h3-7H,1-2H2,(H2,18,19,20,21,22);3-7H,1-2H2,(H,22,23)(H2,17,18,19,20,21);. The molecule has 2 aliphatic carbocycles. The number of nitrogens with one attached hydrogen (secondary N) is 4. The van der Waals surface area contributed by atoms with Crippen LogP contribution in [0.25, 0.3) is 21.4 Å². The molecule has 5 N–H and O–H groups in total. The van der Waals surface area contributed by atoms with Gasteiger partial charge in [-0.25, -0.2) is 33.7 Å². The van der Waals surface area contributed by atoms with Crippen LogP contribution in [0.1, 0.15) is 68.3 Å². The predicted octanol–water partition coefficient (Wildman–Crippen LogP) is 9.46. The minimum atomic E-state index is -1.67. The van der Waals surface area contributed by atoms with E-state index in [0.29, 0.717) is 71.4 Å². The Bertz CT molecular complexity index is 2270. The van der Waals surface area contributed by atoms with E-state index < -0.39 is 21.2 Å². The molecule has 6 aromatic rings. The third-order valence-electron chi connectivity index (χ3n) is 7.35. The van der Waals surface area contributed by atoms with E-state index in [2.05, 4.69) is 76.6 Å². The van der Waals surface area contributed by atoms with Crippen LogP contribution in [-0.2, 0) is 13.5 Å². The highest BCUT2D eigenvalue weighted by molar-refractivity contribution is 8.26. The fourth-order valence-electron chi connectivity index (χ4n) is 4.58. The number of nitrogens with zero attached hydrogens (tertiary/aromatic N) is 6. The van der Waals surface area contributed by atoms with Crippen molar-refractivity contribution < 1.29 is 23.2 Å². The maximum atomic E-state index is 11.5. The SMILES string of the molecule is O=C(O)c1ccc(-c2ncc(Cl)c(Nc3cc(C4CC4)[nH]n3)n2)s1.O=C(OCl)c1ccc(-c2ncc(Cl)c(Nc3cc(C4CC4)[nH]n3)n2)s1.O=S(Cl)Cl. The molecular weight excluding hydrogens is 854 g/mol. The molecule has 0 bridgehead atoms. The molecule has 6 aromatic heterocycles. The van der Waals surface area contributed by atoms with Gasteiger partial charge >= 0.3 is 11.9 Å². The molecule has 0 radical (unpaired) electrons. The molecule has 2 fully saturated rings. The number of thiophene rings is 2. The van der Waals surface area contributed by atoms with Crippen molar-refractivity contribution in [1.29, 1.82) is 0 Å². The van der Waals surface area contributed by atoms with Crippen molar-refractivity contribution in [1.82, 2.24) is 40.3 Å². The maximum Gasteiger partial charge on any atom is 0.366 e. The first-order valence-corrected chi connectivity index (χ1v) is 20.7. The van der Waals surface area contributed by atoms with Crippen LogP contribution >= 0.6 is 79.1 Å². The molecule has 2 aliphatic rings. The van der Waals surface area contributed by atoms with E-state index in [1.54, 1.807) is 18.2 Å². The smallest absolute Gasteiger partial charge is 0.366 e. The summed E-state index contributed by atoms with van der Waals surface area (Å²) in [4.78, 5) is 41.6. The van der Waals surface area contributed by atoms with Crippen LogP contribution in [0, 0.1) is 0 Å². The first kappa shape index (κ1) is 38.8. The lowest BCUT2D eigenvalue weighted by Crippen LogP contribution is -1.98. The van der Waals surface area contributed by atoms with Gasteiger partial charge < -0.3 is 20.0 Å². The minimum absolute atomic E-state index is 0.236. The Morgan fingerprint density at radius 3 is 1.62 bits per heavy atom. The molecule has 0 atom stereocenters. The second-order valence-corrected chi connectivity index (χ2v) is 16.8. The molecule has 276 valence electrons. The monoisotopic (exact) mass is 874 g/mol. The van der Waals surface area contributed by atoms with Crippen LogP contribution in [0.4, 0.5) is 23.3 Å². The summed E-state index contributed by atoms with van der Waals surface area (Å²) in [6.07, 6.45) is 7.73. The van der Waals surface area contributed by atoms with Gasteiger partial charge in [-0.05, 0) is 49.9 Å². The van der Waals surface area contributed by atoms with Gasteiger partial charge in [0.15, 0.2) is 34.9 Å². The fourth-order valence-corrected chi connectivity index (χ4v) is 6.59. The van der Waals surface area contributed by atoms with Gasteiger partial charge in [-0.1, -0.05) is 23.2 Å². The number of rotatable bonds is 10. The first-order valence-electron chi connectivity index (χ1n) is 15.2. The lowest BCUT2D eigenvalue weighted by molar-refractivity contribution is 0.0700. The largest absolute Gasteiger partial charge is 0.477 e. The lowest BCUT2D eigenvalue weighted by Gasteiger charge is -2.05. The second kappa shape index (κ2) is 17.5. The molecule has 0 unspecified atom stereocenters. The molecular formula is C30H23Cl5N10O5S3. The molecule has 0 aromatic carbocycles. The van der Waals surface area contributed by atoms with Crippen LogP contribution < -0.4 is 10.6 Å². The van der Waals surface area contributed by atoms with Crippen LogP contribution in [0.3, 0.4) is 0 Å². The van der Waals surface area contributed by atoms with Gasteiger partial charge in [0.05, 0.1) is 22.1 Å². The minimum Gasteiger partial charge on any atom is -0.477 e. The third kappa shape index (κ3) is 10.6. The molecule has 15 nitrogen and oxygen atoms in total. The average Bonchev–Trinajstić information content (AvgIpc) is 3.89.